The van der Waals surface area contributed by atoms with E-state index in [1.54, 1.807) is 34.8 Å². The molecule has 0 atom stereocenters. The lowest BCUT2D eigenvalue weighted by Gasteiger charge is -2.11. The van der Waals surface area contributed by atoms with Gasteiger partial charge in [0.2, 0.25) is 0 Å². The predicted octanol–water partition coefficient (Wildman–Crippen LogP) is 5.65. The van der Waals surface area contributed by atoms with Gasteiger partial charge in [-0.1, -0.05) is 35.9 Å². The number of thioether (sulfide) groups is 1. The van der Waals surface area contributed by atoms with Gasteiger partial charge in [0.15, 0.2) is 5.65 Å². The Morgan fingerprint density at radius 2 is 1.62 bits per heavy atom. The fourth-order valence-corrected chi connectivity index (χ4v) is 4.29. The third-order valence-corrected chi connectivity index (χ3v) is 6.36. The molecule has 0 amide bonds. The summed E-state index contributed by atoms with van der Waals surface area (Å²) in [4.78, 5) is 18.5. The number of pyridine rings is 2. The molecule has 2 aromatic carbocycles. The Balaban J connectivity index is 1.69. The summed E-state index contributed by atoms with van der Waals surface area (Å²) < 4.78 is 3.12. The van der Waals surface area contributed by atoms with Crippen molar-refractivity contribution >= 4 is 29.0 Å². The van der Waals surface area contributed by atoms with E-state index in [1.807, 2.05) is 60.9 Å². The zero-order valence-electron chi connectivity index (χ0n) is 17.3. The number of benzene rings is 2. The summed E-state index contributed by atoms with van der Waals surface area (Å²) in [5.41, 5.74) is 5.25. The van der Waals surface area contributed by atoms with Crippen LogP contribution in [0.1, 0.15) is 5.56 Å². The number of nitrogens with zero attached hydrogens (tertiary/aromatic N) is 4. The number of hydrogen-bond acceptors (Lipinski definition) is 4. The van der Waals surface area contributed by atoms with E-state index in [0.29, 0.717) is 17.2 Å². The Hall–Kier alpha value is -3.35. The number of hydrogen-bond donors (Lipinski definition) is 0. The van der Waals surface area contributed by atoms with Gasteiger partial charge in [-0.05, 0) is 71.0 Å². The van der Waals surface area contributed by atoms with Crippen LogP contribution in [0.25, 0.3) is 27.9 Å². The molecular weight excluding hydrogens is 440 g/mol. The molecule has 0 spiro atoms. The van der Waals surface area contributed by atoms with E-state index in [9.17, 15) is 4.79 Å². The third-order valence-electron chi connectivity index (χ3n) is 5.37. The maximum atomic E-state index is 13.2. The first kappa shape index (κ1) is 20.5. The van der Waals surface area contributed by atoms with Gasteiger partial charge in [-0.2, -0.15) is 0 Å². The highest BCUT2D eigenvalue weighted by Gasteiger charge is 2.17. The first-order valence-electron chi connectivity index (χ1n) is 10.1. The molecule has 5 rings (SSSR count). The van der Waals surface area contributed by atoms with Crippen molar-refractivity contribution in [3.05, 3.63) is 106 Å². The second-order valence-electron chi connectivity index (χ2n) is 7.33. The lowest BCUT2D eigenvalue weighted by atomic mass is 9.96. The maximum absolute atomic E-state index is 13.2. The summed E-state index contributed by atoms with van der Waals surface area (Å²) in [5, 5.41) is 5.42. The van der Waals surface area contributed by atoms with Gasteiger partial charge in [0.05, 0.1) is 6.54 Å². The molecule has 0 bridgehead atoms. The minimum atomic E-state index is -0.174. The molecule has 3 aromatic heterocycles. The quantitative estimate of drug-likeness (QED) is 0.319. The molecule has 0 unspecified atom stereocenters. The van der Waals surface area contributed by atoms with Crippen LogP contribution in [0.4, 0.5) is 0 Å². The van der Waals surface area contributed by atoms with Crippen LogP contribution in [0.3, 0.4) is 0 Å². The molecule has 0 radical (unpaired) electrons. The van der Waals surface area contributed by atoms with Crippen molar-refractivity contribution in [3.63, 3.8) is 0 Å². The predicted molar refractivity (Wildman–Crippen MR) is 130 cm³/mol. The number of rotatable bonds is 5. The van der Waals surface area contributed by atoms with E-state index in [0.717, 1.165) is 27.8 Å². The smallest absolute Gasteiger partial charge is 0.265 e. The summed E-state index contributed by atoms with van der Waals surface area (Å²) in [6, 6.07) is 21.7. The molecular formula is C25H19ClN4OS. The van der Waals surface area contributed by atoms with Gasteiger partial charge in [-0.15, -0.1) is 16.9 Å². The van der Waals surface area contributed by atoms with Gasteiger partial charge < -0.3 is 0 Å². The summed E-state index contributed by atoms with van der Waals surface area (Å²) in [6.45, 7) is 0.404. The van der Waals surface area contributed by atoms with Crippen LogP contribution >= 0.6 is 23.4 Å². The Kier molecular flexibility index (Phi) is 5.55. The average Bonchev–Trinajstić information content (AvgIpc) is 3.15. The maximum Gasteiger partial charge on any atom is 0.350 e. The molecule has 5 aromatic rings. The van der Waals surface area contributed by atoms with Crippen LogP contribution in [-0.2, 0) is 6.54 Å². The zero-order chi connectivity index (χ0) is 22.1. The first-order chi connectivity index (χ1) is 15.6. The van der Waals surface area contributed by atoms with Crippen molar-refractivity contribution in [2.24, 2.45) is 0 Å². The Labute approximate surface area is 194 Å². The van der Waals surface area contributed by atoms with Crippen LogP contribution in [0, 0.1) is 0 Å². The Bertz CT molecular complexity index is 1440. The third kappa shape index (κ3) is 3.83. The van der Waals surface area contributed by atoms with Crippen molar-refractivity contribution in [1.29, 1.82) is 0 Å². The molecule has 0 fully saturated rings. The van der Waals surface area contributed by atoms with E-state index in [2.05, 4.69) is 17.1 Å². The summed E-state index contributed by atoms with van der Waals surface area (Å²) in [7, 11) is 0. The largest absolute Gasteiger partial charge is 0.350 e. The summed E-state index contributed by atoms with van der Waals surface area (Å²) in [6.07, 6.45) is 7.31. The van der Waals surface area contributed by atoms with Crippen molar-refractivity contribution in [2.45, 2.75) is 11.4 Å². The average molecular weight is 459 g/mol. The van der Waals surface area contributed by atoms with Gasteiger partial charge in [-0.25, -0.2) is 13.9 Å². The van der Waals surface area contributed by atoms with Gasteiger partial charge in [0.25, 0.3) is 0 Å². The normalized spacial score (nSPS) is 11.2. The number of halogens is 1. The van der Waals surface area contributed by atoms with Gasteiger partial charge in [0.1, 0.15) is 0 Å². The lowest BCUT2D eigenvalue weighted by molar-refractivity contribution is 0.658. The second kappa shape index (κ2) is 8.65. The van der Waals surface area contributed by atoms with Crippen LogP contribution in [-0.4, -0.2) is 25.4 Å². The molecule has 0 saturated heterocycles. The van der Waals surface area contributed by atoms with Crippen molar-refractivity contribution < 1.29 is 0 Å². The minimum Gasteiger partial charge on any atom is -0.265 e. The highest BCUT2D eigenvalue weighted by Crippen LogP contribution is 2.34. The van der Waals surface area contributed by atoms with Crippen LogP contribution in [0.5, 0.6) is 0 Å². The minimum absolute atomic E-state index is 0.174. The van der Waals surface area contributed by atoms with Crippen LogP contribution in [0.2, 0.25) is 5.02 Å². The Morgan fingerprint density at radius 3 is 2.31 bits per heavy atom. The van der Waals surface area contributed by atoms with Crippen molar-refractivity contribution in [2.75, 3.05) is 6.26 Å². The monoisotopic (exact) mass is 458 g/mol. The number of fused-ring (bicyclic) bond motifs is 1. The van der Waals surface area contributed by atoms with Crippen LogP contribution in [0.15, 0.2) is 95.0 Å². The van der Waals surface area contributed by atoms with E-state index >= 15 is 0 Å². The molecule has 7 heteroatoms. The van der Waals surface area contributed by atoms with Crippen LogP contribution < -0.4 is 5.69 Å². The standard InChI is InChI=1S/C25H19ClN4OS/c1-32-21-8-2-17(3-9-21)16-30-25(31)29-15-12-22(18-4-6-20(26)7-5-18)23(24(29)28-30)19-10-13-27-14-11-19/h2-15H,16H2,1H3. The second-order valence-corrected chi connectivity index (χ2v) is 8.65. The summed E-state index contributed by atoms with van der Waals surface area (Å²) >= 11 is 7.79. The van der Waals surface area contributed by atoms with E-state index in [4.69, 9.17) is 16.7 Å². The highest BCUT2D eigenvalue weighted by atomic mass is 35.5. The van der Waals surface area contributed by atoms with E-state index in [-0.39, 0.29) is 5.69 Å². The first-order valence-corrected chi connectivity index (χ1v) is 11.7. The molecule has 0 aliphatic carbocycles. The fourth-order valence-electron chi connectivity index (χ4n) is 3.76. The van der Waals surface area contributed by atoms with Crippen molar-refractivity contribution in [3.8, 4) is 22.3 Å². The summed E-state index contributed by atoms with van der Waals surface area (Å²) in [5.74, 6) is 0. The zero-order valence-corrected chi connectivity index (χ0v) is 18.8. The molecule has 0 saturated carbocycles. The lowest BCUT2D eigenvalue weighted by Crippen LogP contribution is -2.21. The highest BCUT2D eigenvalue weighted by molar-refractivity contribution is 7.98. The molecule has 3 heterocycles. The van der Waals surface area contributed by atoms with Gasteiger partial charge in [-0.3, -0.25) is 4.98 Å². The topological polar surface area (TPSA) is 52.2 Å². The van der Waals surface area contributed by atoms with Crippen molar-refractivity contribution in [1.82, 2.24) is 19.2 Å². The SMILES string of the molecule is CSc1ccc(Cn2nc3c(-c4ccncc4)c(-c4ccc(Cl)cc4)ccn3c2=O)cc1. The molecule has 0 N–H and O–H groups in total. The molecule has 32 heavy (non-hydrogen) atoms. The number of aromatic nitrogens is 4. The molecule has 0 aliphatic rings. The molecule has 5 nitrogen and oxygen atoms in total. The fraction of sp³-hybridized carbons (Fsp3) is 0.0800. The molecule has 0 aliphatic heterocycles. The van der Waals surface area contributed by atoms with E-state index in [1.165, 1.54) is 9.58 Å². The Morgan fingerprint density at radius 1 is 0.906 bits per heavy atom. The van der Waals surface area contributed by atoms with Gasteiger partial charge in [0, 0.05) is 34.1 Å². The van der Waals surface area contributed by atoms with E-state index < -0.39 is 0 Å². The molecule has 158 valence electrons. The van der Waals surface area contributed by atoms with Gasteiger partial charge >= 0.3 is 5.69 Å².